The van der Waals surface area contributed by atoms with Crippen LogP contribution in [0.3, 0.4) is 0 Å². The van der Waals surface area contributed by atoms with E-state index in [2.05, 4.69) is 0 Å². The van der Waals surface area contributed by atoms with Crippen LogP contribution in [-0.4, -0.2) is 17.6 Å². The van der Waals surface area contributed by atoms with E-state index >= 15 is 0 Å². The molecule has 0 radical (unpaired) electrons. The fourth-order valence-corrected chi connectivity index (χ4v) is 1.66. The maximum absolute atomic E-state index is 12.6. The number of amides is 1. The van der Waals surface area contributed by atoms with Crippen LogP contribution in [0.25, 0.3) is 6.08 Å². The lowest BCUT2D eigenvalue weighted by Gasteiger charge is -2.19. The van der Waals surface area contributed by atoms with E-state index in [-0.39, 0.29) is 12.8 Å². The highest BCUT2D eigenvalue weighted by Crippen LogP contribution is 2.48. The summed E-state index contributed by atoms with van der Waals surface area (Å²) in [4.78, 5) is 11.5. The maximum Gasteiger partial charge on any atom is 0.411 e. The largest absolute Gasteiger partial charge is 0.411 e. The van der Waals surface area contributed by atoms with Gasteiger partial charge in [-0.05, 0) is 36.6 Å². The second-order valence-corrected chi connectivity index (χ2v) is 4.57. The summed E-state index contributed by atoms with van der Waals surface area (Å²) in [5.74, 6) is -0.744. The lowest BCUT2D eigenvalue weighted by atomic mass is 10.2. The van der Waals surface area contributed by atoms with Crippen molar-refractivity contribution < 1.29 is 18.0 Å². The van der Waals surface area contributed by atoms with Gasteiger partial charge in [0.15, 0.2) is 0 Å². The molecule has 1 fully saturated rings. The zero-order chi connectivity index (χ0) is 14.1. The third kappa shape index (κ3) is 3.07. The number of nitrogens with two attached hydrogens (primary N) is 1. The molecule has 1 aromatic carbocycles. The second-order valence-electron chi connectivity index (χ2n) is 4.57. The molecule has 3 nitrogen and oxygen atoms in total. The fourth-order valence-electron chi connectivity index (χ4n) is 1.66. The Labute approximate surface area is 108 Å². The van der Waals surface area contributed by atoms with Crippen molar-refractivity contribution in [1.82, 2.24) is 5.32 Å². The molecule has 0 aromatic heterocycles. The normalized spacial score (nSPS) is 17.4. The highest BCUT2D eigenvalue weighted by molar-refractivity contribution is 5.92. The molecule has 1 saturated carbocycles. The minimum Gasteiger partial charge on any atom is -0.399 e. The smallest absolute Gasteiger partial charge is 0.399 e. The van der Waals surface area contributed by atoms with E-state index in [9.17, 15) is 18.0 Å². The number of anilines is 1. The molecule has 0 unspecified atom stereocenters. The predicted molar refractivity (Wildman–Crippen MR) is 66.1 cm³/mol. The van der Waals surface area contributed by atoms with Gasteiger partial charge in [-0.1, -0.05) is 12.1 Å². The molecule has 0 bridgehead atoms. The predicted octanol–water partition coefficient (Wildman–Crippen LogP) is 2.49. The van der Waals surface area contributed by atoms with Crippen LogP contribution < -0.4 is 11.1 Å². The molecule has 1 amide bonds. The van der Waals surface area contributed by atoms with Gasteiger partial charge in [-0.15, -0.1) is 0 Å². The first-order valence-electron chi connectivity index (χ1n) is 5.75. The molecular formula is C13H13F3N2O. The summed E-state index contributed by atoms with van der Waals surface area (Å²) >= 11 is 0. The van der Waals surface area contributed by atoms with Gasteiger partial charge in [0.25, 0.3) is 0 Å². The third-order valence-electron chi connectivity index (χ3n) is 3.02. The van der Waals surface area contributed by atoms with Crippen LogP contribution in [0, 0.1) is 0 Å². The Morgan fingerprint density at radius 2 is 1.84 bits per heavy atom. The van der Waals surface area contributed by atoms with Gasteiger partial charge < -0.3 is 11.1 Å². The van der Waals surface area contributed by atoms with E-state index in [1.54, 1.807) is 24.3 Å². The first-order chi connectivity index (χ1) is 8.82. The lowest BCUT2D eigenvalue weighted by Crippen LogP contribution is -2.47. The summed E-state index contributed by atoms with van der Waals surface area (Å²) in [5.41, 5.74) is 4.75. The number of carbonyl (C=O) groups is 1. The van der Waals surface area contributed by atoms with Gasteiger partial charge >= 0.3 is 6.18 Å². The molecule has 0 spiro atoms. The van der Waals surface area contributed by atoms with Crippen LogP contribution >= 0.6 is 0 Å². The van der Waals surface area contributed by atoms with E-state index in [4.69, 9.17) is 5.73 Å². The van der Waals surface area contributed by atoms with Crippen molar-refractivity contribution in [1.29, 1.82) is 0 Å². The zero-order valence-electron chi connectivity index (χ0n) is 10.00. The Hall–Kier alpha value is -1.98. The SMILES string of the molecule is Nc1ccc(/C=C/C(=O)NC2(C(F)(F)F)CC2)cc1. The molecule has 1 aromatic rings. The van der Waals surface area contributed by atoms with Crippen molar-refractivity contribution in [3.63, 3.8) is 0 Å². The molecule has 3 N–H and O–H groups in total. The number of nitrogen functional groups attached to an aromatic ring is 1. The molecule has 2 rings (SSSR count). The minimum absolute atomic E-state index is 0.0576. The summed E-state index contributed by atoms with van der Waals surface area (Å²) in [7, 11) is 0. The van der Waals surface area contributed by atoms with Crippen LogP contribution in [0.1, 0.15) is 18.4 Å². The average molecular weight is 270 g/mol. The molecule has 19 heavy (non-hydrogen) atoms. The first kappa shape index (κ1) is 13.5. The van der Waals surface area contributed by atoms with Gasteiger partial charge in [0.2, 0.25) is 5.91 Å². The van der Waals surface area contributed by atoms with Gasteiger partial charge in [-0.3, -0.25) is 4.79 Å². The molecule has 0 aliphatic heterocycles. The average Bonchev–Trinajstić information content (AvgIpc) is 3.09. The minimum atomic E-state index is -4.39. The van der Waals surface area contributed by atoms with Crippen molar-refractivity contribution in [2.24, 2.45) is 0 Å². The summed E-state index contributed by atoms with van der Waals surface area (Å²) < 4.78 is 37.8. The summed E-state index contributed by atoms with van der Waals surface area (Å²) in [6, 6.07) is 6.65. The molecule has 0 atom stereocenters. The molecule has 0 saturated heterocycles. The third-order valence-corrected chi connectivity index (χ3v) is 3.02. The molecule has 0 heterocycles. The number of benzene rings is 1. The molecule has 1 aliphatic carbocycles. The van der Waals surface area contributed by atoms with Crippen molar-refractivity contribution in [3.8, 4) is 0 Å². The second kappa shape index (κ2) is 4.60. The van der Waals surface area contributed by atoms with Crippen LogP contribution in [0.2, 0.25) is 0 Å². The van der Waals surface area contributed by atoms with Gasteiger partial charge in [0.1, 0.15) is 5.54 Å². The summed E-state index contributed by atoms with van der Waals surface area (Å²) in [5, 5.41) is 2.01. The van der Waals surface area contributed by atoms with Crippen molar-refractivity contribution >= 4 is 17.7 Å². The summed E-state index contributed by atoms with van der Waals surface area (Å²) in [6.07, 6.45) is -1.97. The van der Waals surface area contributed by atoms with E-state index in [1.807, 2.05) is 5.32 Å². The molecule has 6 heteroatoms. The maximum atomic E-state index is 12.6. The number of rotatable bonds is 3. The Bertz CT molecular complexity index is 502. The van der Waals surface area contributed by atoms with E-state index in [0.29, 0.717) is 11.3 Å². The van der Waals surface area contributed by atoms with Crippen molar-refractivity contribution in [2.45, 2.75) is 24.6 Å². The molecular weight excluding hydrogens is 257 g/mol. The lowest BCUT2D eigenvalue weighted by molar-refractivity contribution is -0.169. The van der Waals surface area contributed by atoms with Gasteiger partial charge in [0, 0.05) is 11.8 Å². The van der Waals surface area contributed by atoms with E-state index < -0.39 is 17.6 Å². The van der Waals surface area contributed by atoms with Gasteiger partial charge in [-0.25, -0.2) is 0 Å². The van der Waals surface area contributed by atoms with Gasteiger partial charge in [-0.2, -0.15) is 13.2 Å². The Balaban J connectivity index is 1.97. The van der Waals surface area contributed by atoms with Crippen molar-refractivity contribution in [3.05, 3.63) is 35.9 Å². The Morgan fingerprint density at radius 1 is 1.26 bits per heavy atom. The van der Waals surface area contributed by atoms with Gasteiger partial charge in [0.05, 0.1) is 0 Å². The summed E-state index contributed by atoms with van der Waals surface area (Å²) in [6.45, 7) is 0. The van der Waals surface area contributed by atoms with Crippen LogP contribution in [0.4, 0.5) is 18.9 Å². The number of nitrogens with one attached hydrogen (secondary N) is 1. The number of hydrogen-bond acceptors (Lipinski definition) is 2. The Morgan fingerprint density at radius 3 is 2.32 bits per heavy atom. The highest BCUT2D eigenvalue weighted by Gasteiger charge is 2.64. The number of alkyl halides is 3. The monoisotopic (exact) mass is 270 g/mol. The van der Waals surface area contributed by atoms with Crippen LogP contribution in [-0.2, 0) is 4.79 Å². The quantitative estimate of drug-likeness (QED) is 0.655. The standard InChI is InChI=1S/C13H13F3N2O/c14-13(15,16)12(7-8-12)18-11(19)6-3-9-1-4-10(17)5-2-9/h1-6H,7-8,17H2,(H,18,19)/b6-3+. The number of halogens is 3. The first-order valence-corrected chi connectivity index (χ1v) is 5.75. The topological polar surface area (TPSA) is 55.1 Å². The van der Waals surface area contributed by atoms with E-state index in [0.717, 1.165) is 6.08 Å². The van der Waals surface area contributed by atoms with Crippen LogP contribution in [0.5, 0.6) is 0 Å². The molecule has 102 valence electrons. The van der Waals surface area contributed by atoms with Crippen LogP contribution in [0.15, 0.2) is 30.3 Å². The highest BCUT2D eigenvalue weighted by atomic mass is 19.4. The Kier molecular flexibility index (Phi) is 3.26. The fraction of sp³-hybridized carbons (Fsp3) is 0.308. The van der Waals surface area contributed by atoms with E-state index in [1.165, 1.54) is 6.08 Å². The molecule has 1 aliphatic rings. The van der Waals surface area contributed by atoms with Crippen molar-refractivity contribution in [2.75, 3.05) is 5.73 Å². The number of carbonyl (C=O) groups excluding carboxylic acids is 1. The number of hydrogen-bond donors (Lipinski definition) is 2. The zero-order valence-corrected chi connectivity index (χ0v) is 10.00.